The third-order valence-electron chi connectivity index (χ3n) is 3.97. The van der Waals surface area contributed by atoms with E-state index in [1.807, 2.05) is 0 Å². The Kier molecular flexibility index (Phi) is 4.65. The molecule has 1 atom stereocenters. The molecule has 0 saturated carbocycles. The minimum Gasteiger partial charge on any atom is -0.294 e. The standard InChI is InChI=1S/C15H18ClN3S/c16-15-14(17-18-20-15)11-19-10-4-7-13(19)9-8-12-5-2-1-3-6-12/h1-3,5-6,13H,4,7-11H2. The summed E-state index contributed by atoms with van der Waals surface area (Å²) >= 11 is 7.38. The van der Waals surface area contributed by atoms with E-state index in [9.17, 15) is 0 Å². The van der Waals surface area contributed by atoms with Gasteiger partial charge in [0.25, 0.3) is 0 Å². The Morgan fingerprint density at radius 2 is 2.15 bits per heavy atom. The normalized spacial score (nSPS) is 19.6. The van der Waals surface area contributed by atoms with Crippen LogP contribution in [0.5, 0.6) is 0 Å². The second kappa shape index (κ2) is 6.66. The average Bonchev–Trinajstić information content (AvgIpc) is 3.08. The van der Waals surface area contributed by atoms with Gasteiger partial charge in [-0.1, -0.05) is 46.4 Å². The number of hydrogen-bond donors (Lipinski definition) is 0. The molecule has 106 valence electrons. The topological polar surface area (TPSA) is 29.0 Å². The van der Waals surface area contributed by atoms with E-state index in [-0.39, 0.29) is 0 Å². The summed E-state index contributed by atoms with van der Waals surface area (Å²) in [5.74, 6) is 0. The lowest BCUT2D eigenvalue weighted by atomic mass is 10.0. The molecule has 0 N–H and O–H groups in total. The molecule has 0 bridgehead atoms. The van der Waals surface area contributed by atoms with Crippen LogP contribution in [0.25, 0.3) is 0 Å². The number of nitrogens with zero attached hydrogens (tertiary/aromatic N) is 3. The average molecular weight is 308 g/mol. The van der Waals surface area contributed by atoms with Crippen molar-refractivity contribution < 1.29 is 0 Å². The van der Waals surface area contributed by atoms with Gasteiger partial charge in [-0.3, -0.25) is 4.90 Å². The lowest BCUT2D eigenvalue weighted by Gasteiger charge is -2.23. The molecule has 1 fully saturated rings. The number of likely N-dealkylation sites (tertiary alicyclic amines) is 1. The van der Waals surface area contributed by atoms with Crippen LogP contribution >= 0.6 is 23.1 Å². The fraction of sp³-hybridized carbons (Fsp3) is 0.467. The van der Waals surface area contributed by atoms with Crippen molar-refractivity contribution in [2.75, 3.05) is 6.54 Å². The highest BCUT2D eigenvalue weighted by Gasteiger charge is 2.25. The van der Waals surface area contributed by atoms with Crippen LogP contribution in [0.4, 0.5) is 0 Å². The van der Waals surface area contributed by atoms with E-state index < -0.39 is 0 Å². The molecule has 1 aromatic heterocycles. The smallest absolute Gasteiger partial charge is 0.138 e. The molecule has 20 heavy (non-hydrogen) atoms. The number of hydrogen-bond acceptors (Lipinski definition) is 4. The fourth-order valence-electron chi connectivity index (χ4n) is 2.89. The second-order valence-electron chi connectivity index (χ2n) is 5.28. The first-order chi connectivity index (χ1) is 9.83. The fourth-order valence-corrected chi connectivity index (χ4v) is 3.50. The van der Waals surface area contributed by atoms with Crippen LogP contribution in [0.1, 0.15) is 30.5 Å². The van der Waals surface area contributed by atoms with E-state index in [0.29, 0.717) is 6.04 Å². The van der Waals surface area contributed by atoms with E-state index in [4.69, 9.17) is 11.6 Å². The van der Waals surface area contributed by atoms with Gasteiger partial charge in [0, 0.05) is 24.1 Å². The van der Waals surface area contributed by atoms with E-state index in [1.54, 1.807) is 0 Å². The molecule has 3 rings (SSSR count). The number of benzene rings is 1. The van der Waals surface area contributed by atoms with Gasteiger partial charge in [-0.05, 0) is 37.8 Å². The van der Waals surface area contributed by atoms with E-state index in [2.05, 4.69) is 44.8 Å². The van der Waals surface area contributed by atoms with Crippen LogP contribution in [0.2, 0.25) is 4.34 Å². The van der Waals surface area contributed by atoms with Crippen LogP contribution in [0.3, 0.4) is 0 Å². The second-order valence-corrected chi connectivity index (χ2v) is 6.64. The third-order valence-corrected chi connectivity index (χ3v) is 4.95. The molecule has 1 unspecified atom stereocenters. The van der Waals surface area contributed by atoms with Crippen molar-refractivity contribution in [3.63, 3.8) is 0 Å². The van der Waals surface area contributed by atoms with Gasteiger partial charge in [0.15, 0.2) is 0 Å². The maximum atomic E-state index is 6.11. The van der Waals surface area contributed by atoms with Gasteiger partial charge in [0.2, 0.25) is 0 Å². The lowest BCUT2D eigenvalue weighted by Crippen LogP contribution is -2.29. The van der Waals surface area contributed by atoms with Crippen molar-refractivity contribution in [2.45, 2.75) is 38.3 Å². The predicted octanol–water partition coefficient (Wildman–Crippen LogP) is 3.79. The molecule has 1 aliphatic rings. The highest BCUT2D eigenvalue weighted by atomic mass is 35.5. The maximum Gasteiger partial charge on any atom is 0.138 e. The van der Waals surface area contributed by atoms with E-state index in [0.717, 1.165) is 29.5 Å². The van der Waals surface area contributed by atoms with Gasteiger partial charge < -0.3 is 0 Å². The van der Waals surface area contributed by atoms with Crippen LogP contribution in [0.15, 0.2) is 30.3 Å². The largest absolute Gasteiger partial charge is 0.294 e. The van der Waals surface area contributed by atoms with Gasteiger partial charge in [0.1, 0.15) is 10.0 Å². The summed E-state index contributed by atoms with van der Waals surface area (Å²) in [7, 11) is 0. The van der Waals surface area contributed by atoms with Gasteiger partial charge in [-0.2, -0.15) is 0 Å². The zero-order valence-electron chi connectivity index (χ0n) is 11.3. The summed E-state index contributed by atoms with van der Waals surface area (Å²) < 4.78 is 4.65. The number of aryl methyl sites for hydroxylation is 1. The molecule has 3 nitrogen and oxygen atoms in total. The Labute approximate surface area is 128 Å². The minimum atomic E-state index is 0.646. The molecule has 0 aliphatic carbocycles. The highest BCUT2D eigenvalue weighted by Crippen LogP contribution is 2.26. The molecule has 1 saturated heterocycles. The van der Waals surface area contributed by atoms with Crippen molar-refractivity contribution >= 4 is 23.1 Å². The molecule has 1 aliphatic heterocycles. The Morgan fingerprint density at radius 1 is 1.30 bits per heavy atom. The predicted molar refractivity (Wildman–Crippen MR) is 83.1 cm³/mol. The molecular weight excluding hydrogens is 290 g/mol. The zero-order chi connectivity index (χ0) is 13.8. The monoisotopic (exact) mass is 307 g/mol. The molecule has 2 heterocycles. The molecule has 2 aromatic rings. The highest BCUT2D eigenvalue weighted by molar-refractivity contribution is 7.10. The van der Waals surface area contributed by atoms with E-state index >= 15 is 0 Å². The number of aromatic nitrogens is 2. The van der Waals surface area contributed by atoms with Crippen molar-refractivity contribution in [2.24, 2.45) is 0 Å². The molecule has 5 heteroatoms. The Balaban J connectivity index is 1.57. The van der Waals surface area contributed by atoms with Crippen LogP contribution in [0, 0.1) is 0 Å². The molecular formula is C15H18ClN3S. The van der Waals surface area contributed by atoms with Gasteiger partial charge >= 0.3 is 0 Å². The van der Waals surface area contributed by atoms with Crippen molar-refractivity contribution in [3.8, 4) is 0 Å². The molecule has 1 aromatic carbocycles. The van der Waals surface area contributed by atoms with Crippen molar-refractivity contribution in [1.29, 1.82) is 0 Å². The summed E-state index contributed by atoms with van der Waals surface area (Å²) in [6, 6.07) is 11.4. The van der Waals surface area contributed by atoms with Gasteiger partial charge in [-0.25, -0.2) is 0 Å². The van der Waals surface area contributed by atoms with Gasteiger partial charge in [-0.15, -0.1) is 5.10 Å². The maximum absolute atomic E-state index is 6.11. The van der Waals surface area contributed by atoms with Crippen molar-refractivity contribution in [1.82, 2.24) is 14.5 Å². The zero-order valence-corrected chi connectivity index (χ0v) is 12.9. The Morgan fingerprint density at radius 3 is 2.90 bits per heavy atom. The first-order valence-electron chi connectivity index (χ1n) is 7.07. The summed E-state index contributed by atoms with van der Waals surface area (Å²) in [5.41, 5.74) is 2.36. The summed E-state index contributed by atoms with van der Waals surface area (Å²) in [6.07, 6.45) is 4.90. The van der Waals surface area contributed by atoms with Crippen molar-refractivity contribution in [3.05, 3.63) is 45.9 Å². The SMILES string of the molecule is Clc1snnc1CN1CCCC1CCc1ccccc1. The summed E-state index contributed by atoms with van der Waals surface area (Å²) in [6.45, 7) is 1.99. The number of rotatable bonds is 5. The van der Waals surface area contributed by atoms with E-state index in [1.165, 1.54) is 36.4 Å². The quantitative estimate of drug-likeness (QED) is 0.841. The number of halogens is 1. The Hall–Kier alpha value is -0.970. The first-order valence-corrected chi connectivity index (χ1v) is 8.23. The van der Waals surface area contributed by atoms with Gasteiger partial charge in [0.05, 0.1) is 0 Å². The third kappa shape index (κ3) is 3.37. The molecule has 0 amide bonds. The molecule has 0 spiro atoms. The Bertz CT molecular complexity index is 543. The summed E-state index contributed by atoms with van der Waals surface area (Å²) in [4.78, 5) is 2.51. The minimum absolute atomic E-state index is 0.646. The van der Waals surface area contributed by atoms with Crippen LogP contribution < -0.4 is 0 Å². The lowest BCUT2D eigenvalue weighted by molar-refractivity contribution is 0.232. The summed E-state index contributed by atoms with van der Waals surface area (Å²) in [5, 5.41) is 4.13. The molecule has 0 radical (unpaired) electrons. The van der Waals surface area contributed by atoms with Crippen LogP contribution in [-0.2, 0) is 13.0 Å². The first kappa shape index (κ1) is 14.0. The van der Waals surface area contributed by atoms with Crippen LogP contribution in [-0.4, -0.2) is 27.1 Å².